The van der Waals surface area contributed by atoms with E-state index < -0.39 is 0 Å². The van der Waals surface area contributed by atoms with E-state index in [0.29, 0.717) is 23.1 Å². The summed E-state index contributed by atoms with van der Waals surface area (Å²) in [4.78, 5) is 4.24. The number of halogens is 1. The Labute approximate surface area is 115 Å². The van der Waals surface area contributed by atoms with Crippen molar-refractivity contribution in [2.75, 3.05) is 0 Å². The van der Waals surface area contributed by atoms with E-state index in [1.54, 1.807) is 19.1 Å². The van der Waals surface area contributed by atoms with Crippen molar-refractivity contribution in [3.8, 4) is 5.75 Å². The summed E-state index contributed by atoms with van der Waals surface area (Å²) in [6, 6.07) is 4.27. The van der Waals surface area contributed by atoms with Gasteiger partial charge in [-0.05, 0) is 25.8 Å². The third-order valence-corrected chi connectivity index (χ3v) is 3.25. The lowest BCUT2D eigenvalue weighted by molar-refractivity contribution is 0.241. The molecule has 0 unspecified atom stereocenters. The van der Waals surface area contributed by atoms with Crippen LogP contribution in [0, 0.1) is 5.82 Å². The molecule has 0 bridgehead atoms. The molecule has 20 heavy (non-hydrogen) atoms. The monoisotopic (exact) mass is 277 g/mol. The largest absolute Gasteiger partial charge is 0.484 e. The molecule has 2 N–H and O–H groups in total. The number of nitrogens with two attached hydrogens (primary N) is 1. The van der Waals surface area contributed by atoms with E-state index in [0.717, 1.165) is 18.7 Å². The number of nitrogens with zero attached hydrogens (tertiary/aromatic N) is 2. The van der Waals surface area contributed by atoms with Crippen LogP contribution in [0.15, 0.2) is 22.7 Å². The smallest absolute Gasteiger partial charge is 0.264 e. The van der Waals surface area contributed by atoms with Crippen molar-refractivity contribution >= 4 is 0 Å². The molecule has 3 rings (SSSR count). The molecule has 0 saturated heterocycles. The maximum atomic E-state index is 13.7. The molecular formula is C14H16FN3O2. The lowest BCUT2D eigenvalue weighted by Crippen LogP contribution is -2.07. The minimum atomic E-state index is -0.373. The zero-order chi connectivity index (χ0) is 14.1. The molecule has 1 aliphatic rings. The van der Waals surface area contributed by atoms with E-state index in [2.05, 4.69) is 10.1 Å². The van der Waals surface area contributed by atoms with Gasteiger partial charge in [0.1, 0.15) is 11.6 Å². The quantitative estimate of drug-likeness (QED) is 0.909. The van der Waals surface area contributed by atoms with E-state index in [4.69, 9.17) is 15.0 Å². The Morgan fingerprint density at radius 3 is 2.95 bits per heavy atom. The summed E-state index contributed by atoms with van der Waals surface area (Å²) in [5.41, 5.74) is 6.12. The van der Waals surface area contributed by atoms with Gasteiger partial charge in [-0.2, -0.15) is 4.98 Å². The van der Waals surface area contributed by atoms with Gasteiger partial charge < -0.3 is 15.0 Å². The summed E-state index contributed by atoms with van der Waals surface area (Å²) >= 11 is 0. The first kappa shape index (κ1) is 13.1. The molecule has 0 aliphatic heterocycles. The lowest BCUT2D eigenvalue weighted by atomic mass is 10.1. The average molecular weight is 277 g/mol. The van der Waals surface area contributed by atoms with Gasteiger partial charge in [0.05, 0.1) is 0 Å². The van der Waals surface area contributed by atoms with E-state index in [9.17, 15) is 4.39 Å². The second-order valence-electron chi connectivity index (χ2n) is 5.08. The van der Waals surface area contributed by atoms with Gasteiger partial charge in [-0.3, -0.25) is 0 Å². The first-order valence-electron chi connectivity index (χ1n) is 6.64. The molecule has 1 atom stereocenters. The molecule has 0 spiro atoms. The summed E-state index contributed by atoms with van der Waals surface area (Å²) in [5.74, 6) is 1.63. The van der Waals surface area contributed by atoms with Gasteiger partial charge in [0.15, 0.2) is 12.4 Å². The summed E-state index contributed by atoms with van der Waals surface area (Å²) in [6.07, 6.45) is 2.23. The second kappa shape index (κ2) is 5.20. The highest BCUT2D eigenvalue weighted by Gasteiger charge is 2.28. The summed E-state index contributed by atoms with van der Waals surface area (Å²) in [7, 11) is 0. The van der Waals surface area contributed by atoms with Crippen LogP contribution in [0.3, 0.4) is 0 Å². The fraction of sp³-hybridized carbons (Fsp3) is 0.429. The Kier molecular flexibility index (Phi) is 3.40. The molecule has 5 nitrogen and oxygen atoms in total. The fourth-order valence-corrected chi connectivity index (χ4v) is 1.95. The Hall–Kier alpha value is -1.95. The topological polar surface area (TPSA) is 74.2 Å². The van der Waals surface area contributed by atoms with Gasteiger partial charge in [-0.25, -0.2) is 4.39 Å². The minimum absolute atomic E-state index is 0.136. The first-order chi connectivity index (χ1) is 9.63. The standard InChI is InChI=1S/C14H16FN3O2/c1-8(16)11-5-4-10(6-12(11)15)19-7-13-17-14(18-20-13)9-2-3-9/h4-6,8-9H,2-3,7,16H2,1H3/t8-/m0/s1. The van der Waals surface area contributed by atoms with Crippen molar-refractivity contribution in [1.82, 2.24) is 10.1 Å². The molecule has 1 aliphatic carbocycles. The van der Waals surface area contributed by atoms with Crippen LogP contribution in [0.5, 0.6) is 5.75 Å². The molecule has 1 aromatic heterocycles. The van der Waals surface area contributed by atoms with E-state index >= 15 is 0 Å². The van der Waals surface area contributed by atoms with Crippen LogP contribution in [-0.4, -0.2) is 10.1 Å². The van der Waals surface area contributed by atoms with Crippen LogP contribution in [0.1, 0.15) is 49.0 Å². The fourth-order valence-electron chi connectivity index (χ4n) is 1.95. The van der Waals surface area contributed by atoms with Gasteiger partial charge in [0.2, 0.25) is 0 Å². The van der Waals surface area contributed by atoms with E-state index in [1.807, 2.05) is 0 Å². The number of aromatic nitrogens is 2. The third kappa shape index (κ3) is 2.80. The van der Waals surface area contributed by atoms with Gasteiger partial charge in [-0.1, -0.05) is 11.2 Å². The highest BCUT2D eigenvalue weighted by atomic mass is 19.1. The molecule has 106 valence electrons. The van der Waals surface area contributed by atoms with Crippen LogP contribution >= 0.6 is 0 Å². The zero-order valence-electron chi connectivity index (χ0n) is 11.2. The van der Waals surface area contributed by atoms with Gasteiger partial charge in [0, 0.05) is 23.6 Å². The van der Waals surface area contributed by atoms with Crippen molar-refractivity contribution in [1.29, 1.82) is 0 Å². The van der Waals surface area contributed by atoms with Crippen LogP contribution < -0.4 is 10.5 Å². The zero-order valence-corrected chi connectivity index (χ0v) is 11.2. The Morgan fingerprint density at radius 1 is 1.50 bits per heavy atom. The van der Waals surface area contributed by atoms with Gasteiger partial charge >= 0.3 is 0 Å². The van der Waals surface area contributed by atoms with Crippen molar-refractivity contribution in [2.45, 2.75) is 38.3 Å². The third-order valence-electron chi connectivity index (χ3n) is 3.25. The van der Waals surface area contributed by atoms with E-state index in [-0.39, 0.29) is 18.5 Å². The predicted octanol–water partition coefficient (Wildman–Crippen LogP) is 2.68. The Bertz CT molecular complexity index is 608. The molecule has 0 radical (unpaired) electrons. The summed E-state index contributed by atoms with van der Waals surface area (Å²) in [5, 5.41) is 3.89. The average Bonchev–Trinajstić information content (AvgIpc) is 3.15. The molecule has 1 heterocycles. The van der Waals surface area contributed by atoms with Crippen LogP contribution in [-0.2, 0) is 6.61 Å². The molecular weight excluding hydrogens is 261 g/mol. The number of benzene rings is 1. The van der Waals surface area contributed by atoms with E-state index in [1.165, 1.54) is 6.07 Å². The molecule has 6 heteroatoms. The SMILES string of the molecule is C[C@H](N)c1ccc(OCc2nc(C3CC3)no2)cc1F. The Balaban J connectivity index is 1.63. The molecule has 1 aromatic carbocycles. The van der Waals surface area contributed by atoms with Crippen molar-refractivity contribution in [3.05, 3.63) is 41.3 Å². The van der Waals surface area contributed by atoms with Crippen molar-refractivity contribution < 1.29 is 13.7 Å². The highest BCUT2D eigenvalue weighted by Crippen LogP contribution is 2.38. The van der Waals surface area contributed by atoms with Crippen molar-refractivity contribution in [3.63, 3.8) is 0 Å². The number of hydrogen-bond donors (Lipinski definition) is 1. The maximum Gasteiger partial charge on any atom is 0.264 e. The minimum Gasteiger partial charge on any atom is -0.484 e. The number of rotatable bonds is 5. The normalized spacial score (nSPS) is 16.1. The van der Waals surface area contributed by atoms with Crippen LogP contribution in [0.25, 0.3) is 0 Å². The molecule has 2 aromatic rings. The molecule has 1 fully saturated rings. The molecule has 0 amide bonds. The number of hydrogen-bond acceptors (Lipinski definition) is 5. The predicted molar refractivity (Wildman–Crippen MR) is 69.6 cm³/mol. The lowest BCUT2D eigenvalue weighted by Gasteiger charge is -2.09. The molecule has 1 saturated carbocycles. The summed E-state index contributed by atoms with van der Waals surface area (Å²) < 4.78 is 24.3. The van der Waals surface area contributed by atoms with Gasteiger partial charge in [0.25, 0.3) is 5.89 Å². The maximum absolute atomic E-state index is 13.7. The highest BCUT2D eigenvalue weighted by molar-refractivity contribution is 5.30. The van der Waals surface area contributed by atoms with Crippen LogP contribution in [0.4, 0.5) is 4.39 Å². The second-order valence-corrected chi connectivity index (χ2v) is 5.08. The summed E-state index contributed by atoms with van der Waals surface area (Å²) in [6.45, 7) is 1.87. The Morgan fingerprint density at radius 2 is 2.30 bits per heavy atom. The van der Waals surface area contributed by atoms with Crippen LogP contribution in [0.2, 0.25) is 0 Å². The number of ether oxygens (including phenoxy) is 1. The van der Waals surface area contributed by atoms with Crippen molar-refractivity contribution in [2.24, 2.45) is 5.73 Å². The van der Waals surface area contributed by atoms with Gasteiger partial charge in [-0.15, -0.1) is 0 Å². The first-order valence-corrected chi connectivity index (χ1v) is 6.64.